The molecule has 140 valence electrons. The number of hydrogen-bond donors (Lipinski definition) is 3. The van der Waals surface area contributed by atoms with Gasteiger partial charge in [-0.15, -0.1) is 12.4 Å². The maximum Gasteiger partial charge on any atom is 0.228 e. The van der Waals surface area contributed by atoms with Gasteiger partial charge in [0.2, 0.25) is 11.8 Å². The number of amides is 2. The Balaban J connectivity index is 0.00000312. The number of carbonyl (C=O) groups is 2. The minimum Gasteiger partial charge on any atom is -0.495 e. The smallest absolute Gasteiger partial charge is 0.228 e. The van der Waals surface area contributed by atoms with Gasteiger partial charge >= 0.3 is 0 Å². The van der Waals surface area contributed by atoms with E-state index < -0.39 is 0 Å². The predicted molar refractivity (Wildman–Crippen MR) is 102 cm³/mol. The van der Waals surface area contributed by atoms with Gasteiger partial charge in [-0.05, 0) is 31.0 Å². The first-order valence-electron chi connectivity index (χ1n) is 8.55. The molecule has 2 amide bonds. The summed E-state index contributed by atoms with van der Waals surface area (Å²) in [6.45, 7) is 2.05. The van der Waals surface area contributed by atoms with Crippen LogP contribution in [-0.2, 0) is 9.59 Å². The van der Waals surface area contributed by atoms with Gasteiger partial charge in [-0.3, -0.25) is 9.59 Å². The maximum atomic E-state index is 12.5. The van der Waals surface area contributed by atoms with Gasteiger partial charge in [0.15, 0.2) is 0 Å². The molecule has 0 spiro atoms. The molecule has 1 fully saturated rings. The number of nitrogens with one attached hydrogen (secondary N) is 2. The van der Waals surface area contributed by atoms with Crippen LogP contribution in [0.4, 0.5) is 11.4 Å². The molecule has 1 unspecified atom stereocenters. The zero-order chi connectivity index (χ0) is 17.5. The summed E-state index contributed by atoms with van der Waals surface area (Å²) in [4.78, 5) is 24.4. The molecule has 25 heavy (non-hydrogen) atoms. The van der Waals surface area contributed by atoms with E-state index in [0.29, 0.717) is 17.1 Å². The largest absolute Gasteiger partial charge is 0.495 e. The van der Waals surface area contributed by atoms with E-state index in [0.717, 1.165) is 25.7 Å². The van der Waals surface area contributed by atoms with Crippen molar-refractivity contribution in [3.63, 3.8) is 0 Å². The number of hydrogen-bond acceptors (Lipinski definition) is 4. The van der Waals surface area contributed by atoms with E-state index >= 15 is 0 Å². The normalized spacial score (nSPS) is 15.6. The Bertz CT molecular complexity index is 589. The lowest BCUT2D eigenvalue weighted by Crippen LogP contribution is -2.27. The first kappa shape index (κ1) is 21.3. The van der Waals surface area contributed by atoms with Crippen LogP contribution in [-0.4, -0.2) is 25.5 Å². The Hall–Kier alpha value is -1.79. The van der Waals surface area contributed by atoms with Crippen LogP contribution in [0, 0.1) is 11.8 Å². The molecule has 1 aromatic carbocycles. The highest BCUT2D eigenvalue weighted by atomic mass is 35.5. The van der Waals surface area contributed by atoms with Crippen LogP contribution in [0.3, 0.4) is 0 Å². The molecule has 0 bridgehead atoms. The number of anilines is 2. The standard InChI is InChI=1S/C18H27N3O3.ClH/c1-12(11-19)17(22)20-14-8-9-16(24-2)15(10-14)21-18(23)13-6-4-3-5-7-13;/h8-10,12-13H,3-7,11,19H2,1-2H3,(H,20,22)(H,21,23);1H. The first-order valence-corrected chi connectivity index (χ1v) is 8.55. The molecular weight excluding hydrogens is 342 g/mol. The van der Waals surface area contributed by atoms with Gasteiger partial charge in [0.25, 0.3) is 0 Å². The van der Waals surface area contributed by atoms with Crippen LogP contribution in [0.1, 0.15) is 39.0 Å². The van der Waals surface area contributed by atoms with Crippen molar-refractivity contribution in [2.45, 2.75) is 39.0 Å². The van der Waals surface area contributed by atoms with Gasteiger partial charge in [-0.25, -0.2) is 0 Å². The SMILES string of the molecule is COc1ccc(NC(=O)C(C)CN)cc1NC(=O)C1CCCCC1.Cl. The van der Waals surface area contributed by atoms with Crippen molar-refractivity contribution in [2.75, 3.05) is 24.3 Å². The lowest BCUT2D eigenvalue weighted by Gasteiger charge is -2.21. The molecule has 7 heteroatoms. The summed E-state index contributed by atoms with van der Waals surface area (Å²) in [6.07, 6.45) is 5.26. The highest BCUT2D eigenvalue weighted by Crippen LogP contribution is 2.30. The van der Waals surface area contributed by atoms with Gasteiger partial charge in [-0.2, -0.15) is 0 Å². The van der Waals surface area contributed by atoms with Crippen molar-refractivity contribution < 1.29 is 14.3 Å². The monoisotopic (exact) mass is 369 g/mol. The Morgan fingerprint density at radius 2 is 1.92 bits per heavy atom. The summed E-state index contributed by atoms with van der Waals surface area (Å²) in [5, 5.41) is 5.76. The molecule has 1 aromatic rings. The molecule has 1 atom stereocenters. The number of benzene rings is 1. The van der Waals surface area contributed by atoms with Crippen molar-refractivity contribution in [2.24, 2.45) is 17.6 Å². The summed E-state index contributed by atoms with van der Waals surface area (Å²) < 4.78 is 5.31. The van der Waals surface area contributed by atoms with Crippen molar-refractivity contribution >= 4 is 35.6 Å². The third-order valence-electron chi connectivity index (χ3n) is 4.50. The van der Waals surface area contributed by atoms with Crippen molar-refractivity contribution in [1.82, 2.24) is 0 Å². The van der Waals surface area contributed by atoms with E-state index in [1.807, 2.05) is 0 Å². The molecule has 6 nitrogen and oxygen atoms in total. The second-order valence-electron chi connectivity index (χ2n) is 6.37. The van der Waals surface area contributed by atoms with Gasteiger partial charge in [-0.1, -0.05) is 26.2 Å². The third kappa shape index (κ3) is 5.90. The average Bonchev–Trinajstić information content (AvgIpc) is 2.62. The number of carbonyl (C=O) groups excluding carboxylic acids is 2. The Labute approximate surface area is 155 Å². The molecule has 1 saturated carbocycles. The Morgan fingerprint density at radius 1 is 1.24 bits per heavy atom. The van der Waals surface area contributed by atoms with E-state index in [4.69, 9.17) is 10.5 Å². The molecule has 0 saturated heterocycles. The van der Waals surface area contributed by atoms with Crippen molar-refractivity contribution in [1.29, 1.82) is 0 Å². The maximum absolute atomic E-state index is 12.5. The number of rotatable bonds is 6. The van der Waals surface area contributed by atoms with Crippen LogP contribution < -0.4 is 21.1 Å². The molecule has 0 aromatic heterocycles. The molecule has 0 heterocycles. The summed E-state index contributed by atoms with van der Waals surface area (Å²) in [5.41, 5.74) is 6.70. The molecular formula is C18H28ClN3O3. The molecule has 0 radical (unpaired) electrons. The van der Waals surface area contributed by atoms with Crippen molar-refractivity contribution in [3.05, 3.63) is 18.2 Å². The second kappa shape index (κ2) is 10.3. The molecule has 4 N–H and O–H groups in total. The van der Waals surface area contributed by atoms with Crippen LogP contribution in [0.5, 0.6) is 5.75 Å². The van der Waals surface area contributed by atoms with E-state index in [-0.39, 0.29) is 42.6 Å². The number of ether oxygens (including phenoxy) is 1. The van der Waals surface area contributed by atoms with E-state index in [1.165, 1.54) is 6.42 Å². The average molecular weight is 370 g/mol. The number of nitrogens with two attached hydrogens (primary N) is 1. The second-order valence-corrected chi connectivity index (χ2v) is 6.37. The highest BCUT2D eigenvalue weighted by Gasteiger charge is 2.22. The van der Waals surface area contributed by atoms with Crippen LogP contribution in [0.15, 0.2) is 18.2 Å². The highest BCUT2D eigenvalue weighted by molar-refractivity contribution is 5.97. The van der Waals surface area contributed by atoms with Crippen LogP contribution in [0.2, 0.25) is 0 Å². The topological polar surface area (TPSA) is 93.4 Å². The number of halogens is 1. The van der Waals surface area contributed by atoms with Crippen molar-refractivity contribution in [3.8, 4) is 5.75 Å². The fourth-order valence-electron chi connectivity index (χ4n) is 2.86. The zero-order valence-corrected chi connectivity index (χ0v) is 15.7. The lowest BCUT2D eigenvalue weighted by atomic mass is 9.88. The summed E-state index contributed by atoms with van der Waals surface area (Å²) in [7, 11) is 1.56. The van der Waals surface area contributed by atoms with Gasteiger partial charge in [0.1, 0.15) is 5.75 Å². The summed E-state index contributed by atoms with van der Waals surface area (Å²) in [6, 6.07) is 5.20. The predicted octanol–water partition coefficient (Wildman–Crippen LogP) is 3.17. The quantitative estimate of drug-likeness (QED) is 0.717. The lowest BCUT2D eigenvalue weighted by molar-refractivity contribution is -0.121. The van der Waals surface area contributed by atoms with Crippen LogP contribution in [0.25, 0.3) is 0 Å². The zero-order valence-electron chi connectivity index (χ0n) is 14.8. The minimum atomic E-state index is -0.271. The third-order valence-corrected chi connectivity index (χ3v) is 4.50. The minimum absolute atomic E-state index is 0. The fraction of sp³-hybridized carbons (Fsp3) is 0.556. The fourth-order valence-corrected chi connectivity index (χ4v) is 2.86. The Morgan fingerprint density at radius 3 is 2.52 bits per heavy atom. The molecule has 0 aliphatic heterocycles. The molecule has 1 aliphatic rings. The van der Waals surface area contributed by atoms with E-state index in [2.05, 4.69) is 10.6 Å². The van der Waals surface area contributed by atoms with E-state index in [1.54, 1.807) is 32.2 Å². The van der Waals surface area contributed by atoms with Crippen LogP contribution >= 0.6 is 12.4 Å². The Kier molecular flexibility index (Phi) is 8.72. The first-order chi connectivity index (χ1) is 11.5. The van der Waals surface area contributed by atoms with Gasteiger partial charge in [0.05, 0.1) is 12.8 Å². The summed E-state index contributed by atoms with van der Waals surface area (Å²) >= 11 is 0. The van der Waals surface area contributed by atoms with Gasteiger partial charge in [0, 0.05) is 24.1 Å². The molecule has 2 rings (SSSR count). The van der Waals surface area contributed by atoms with E-state index in [9.17, 15) is 9.59 Å². The number of methoxy groups -OCH3 is 1. The molecule has 1 aliphatic carbocycles. The summed E-state index contributed by atoms with van der Waals surface area (Å²) in [5.74, 6) is 0.231. The van der Waals surface area contributed by atoms with Gasteiger partial charge < -0.3 is 21.1 Å².